The van der Waals surface area contributed by atoms with Crippen molar-refractivity contribution in [2.24, 2.45) is 5.92 Å². The van der Waals surface area contributed by atoms with Crippen molar-refractivity contribution < 1.29 is 4.21 Å². The van der Waals surface area contributed by atoms with E-state index in [-0.39, 0.29) is 0 Å². The van der Waals surface area contributed by atoms with Gasteiger partial charge in [0.1, 0.15) is 0 Å². The Morgan fingerprint density at radius 1 is 1.32 bits per heavy atom. The highest BCUT2D eigenvalue weighted by Crippen LogP contribution is 2.28. The monoisotopic (exact) mass is 299 g/mol. The van der Waals surface area contributed by atoms with Crippen LogP contribution in [0.4, 0.5) is 0 Å². The quantitative estimate of drug-likeness (QED) is 0.900. The van der Waals surface area contributed by atoms with Gasteiger partial charge in [-0.25, -0.2) is 0 Å². The van der Waals surface area contributed by atoms with Crippen LogP contribution in [0.3, 0.4) is 0 Å². The molecule has 1 aliphatic rings. The van der Waals surface area contributed by atoms with E-state index in [4.69, 9.17) is 11.6 Å². The average Bonchev–Trinajstić information content (AvgIpc) is 2.46. The molecule has 1 aromatic rings. The van der Waals surface area contributed by atoms with E-state index >= 15 is 0 Å². The van der Waals surface area contributed by atoms with Crippen LogP contribution in [0.1, 0.15) is 32.1 Å². The lowest BCUT2D eigenvalue weighted by molar-refractivity contribution is 0.294. The van der Waals surface area contributed by atoms with E-state index in [0.717, 1.165) is 4.90 Å². The lowest BCUT2D eigenvalue weighted by atomic mass is 9.84. The SMILES string of the molecule is CNC(CS(=O)c1ccccc1Cl)C1CCCCC1. The summed E-state index contributed by atoms with van der Waals surface area (Å²) in [6.07, 6.45) is 6.47. The molecule has 19 heavy (non-hydrogen) atoms. The first-order chi connectivity index (χ1) is 9.22. The summed E-state index contributed by atoms with van der Waals surface area (Å²) in [7, 11) is 0.954. The summed E-state index contributed by atoms with van der Waals surface area (Å²) in [6.45, 7) is 0. The fourth-order valence-electron chi connectivity index (χ4n) is 2.87. The van der Waals surface area contributed by atoms with E-state index in [2.05, 4.69) is 5.32 Å². The third kappa shape index (κ3) is 4.04. The molecule has 4 heteroatoms. The van der Waals surface area contributed by atoms with Crippen molar-refractivity contribution in [3.05, 3.63) is 29.3 Å². The molecule has 0 saturated heterocycles. The average molecular weight is 300 g/mol. The highest BCUT2D eigenvalue weighted by atomic mass is 35.5. The Kier molecular flexibility index (Phi) is 5.86. The summed E-state index contributed by atoms with van der Waals surface area (Å²) in [4.78, 5) is 0.764. The molecule has 2 nitrogen and oxygen atoms in total. The van der Waals surface area contributed by atoms with Gasteiger partial charge in [0, 0.05) is 11.8 Å². The van der Waals surface area contributed by atoms with Gasteiger partial charge in [-0.15, -0.1) is 0 Å². The van der Waals surface area contributed by atoms with Gasteiger partial charge in [0.25, 0.3) is 0 Å². The van der Waals surface area contributed by atoms with Gasteiger partial charge in [0.05, 0.1) is 20.7 Å². The lowest BCUT2D eigenvalue weighted by Gasteiger charge is -2.29. The van der Waals surface area contributed by atoms with Crippen LogP contribution in [-0.4, -0.2) is 23.1 Å². The van der Waals surface area contributed by atoms with Gasteiger partial charge in [-0.1, -0.05) is 43.0 Å². The highest BCUT2D eigenvalue weighted by molar-refractivity contribution is 7.85. The van der Waals surface area contributed by atoms with Crippen molar-refractivity contribution >= 4 is 22.4 Å². The number of rotatable bonds is 5. The van der Waals surface area contributed by atoms with Gasteiger partial charge < -0.3 is 5.32 Å². The summed E-state index contributed by atoms with van der Waals surface area (Å²) < 4.78 is 12.5. The van der Waals surface area contributed by atoms with E-state index in [1.807, 2.05) is 31.3 Å². The fourth-order valence-corrected chi connectivity index (χ4v) is 4.73. The van der Waals surface area contributed by atoms with Gasteiger partial charge in [-0.3, -0.25) is 4.21 Å². The molecule has 1 N–H and O–H groups in total. The van der Waals surface area contributed by atoms with Crippen molar-refractivity contribution in [1.82, 2.24) is 5.32 Å². The Hall–Kier alpha value is -0.380. The predicted molar refractivity (Wildman–Crippen MR) is 82.2 cm³/mol. The summed E-state index contributed by atoms with van der Waals surface area (Å²) in [5.74, 6) is 1.32. The molecule has 2 atom stereocenters. The van der Waals surface area contributed by atoms with Crippen LogP contribution in [0, 0.1) is 5.92 Å². The topological polar surface area (TPSA) is 29.1 Å². The predicted octanol–water partition coefficient (Wildman–Crippen LogP) is 3.62. The highest BCUT2D eigenvalue weighted by Gasteiger charge is 2.24. The first-order valence-electron chi connectivity index (χ1n) is 7.02. The number of halogens is 1. The van der Waals surface area contributed by atoms with Crippen molar-refractivity contribution in [1.29, 1.82) is 0 Å². The molecule has 0 bridgehead atoms. The molecule has 0 spiro atoms. The largest absolute Gasteiger partial charge is 0.316 e. The third-order valence-electron chi connectivity index (χ3n) is 4.00. The molecule has 1 aliphatic carbocycles. The van der Waals surface area contributed by atoms with Crippen molar-refractivity contribution in [3.8, 4) is 0 Å². The fraction of sp³-hybridized carbons (Fsp3) is 0.600. The standard InChI is InChI=1S/C15H22ClNOS/c1-17-14(12-7-3-2-4-8-12)11-19(18)15-10-6-5-9-13(15)16/h5-6,9-10,12,14,17H,2-4,7-8,11H2,1H3. The Morgan fingerprint density at radius 3 is 2.63 bits per heavy atom. The summed E-state index contributed by atoms with van der Waals surface area (Å²) in [5, 5.41) is 3.97. The first kappa shape index (κ1) is 15.0. The maximum atomic E-state index is 12.5. The van der Waals surface area contributed by atoms with Crippen molar-refractivity contribution in [2.45, 2.75) is 43.0 Å². The molecular formula is C15H22ClNOS. The minimum absolute atomic E-state index is 0.331. The molecule has 0 radical (unpaired) electrons. The second-order valence-electron chi connectivity index (χ2n) is 5.24. The second-order valence-corrected chi connectivity index (χ2v) is 7.11. The lowest BCUT2D eigenvalue weighted by Crippen LogP contribution is -2.39. The molecule has 0 aliphatic heterocycles. The smallest absolute Gasteiger partial charge is 0.0574 e. The van der Waals surface area contributed by atoms with Crippen LogP contribution in [0.2, 0.25) is 5.02 Å². The Morgan fingerprint density at radius 2 is 2.00 bits per heavy atom. The van der Waals surface area contributed by atoms with Crippen LogP contribution >= 0.6 is 11.6 Å². The molecule has 1 fully saturated rings. The Labute approximate surface area is 123 Å². The van der Waals surface area contributed by atoms with E-state index in [1.54, 1.807) is 0 Å². The molecule has 1 saturated carbocycles. The van der Waals surface area contributed by atoms with Crippen LogP contribution < -0.4 is 5.32 Å². The van der Waals surface area contributed by atoms with Gasteiger partial charge in [0.15, 0.2) is 0 Å². The van der Waals surface area contributed by atoms with Gasteiger partial charge in [-0.05, 0) is 37.9 Å². The number of nitrogens with one attached hydrogen (secondary N) is 1. The van der Waals surface area contributed by atoms with Crippen LogP contribution in [-0.2, 0) is 10.8 Å². The van der Waals surface area contributed by atoms with Crippen LogP contribution in [0.5, 0.6) is 0 Å². The van der Waals surface area contributed by atoms with Crippen LogP contribution in [0.15, 0.2) is 29.2 Å². The maximum Gasteiger partial charge on any atom is 0.0574 e. The van der Waals surface area contributed by atoms with Crippen molar-refractivity contribution in [3.63, 3.8) is 0 Å². The molecule has 2 rings (SSSR count). The van der Waals surface area contributed by atoms with Gasteiger partial charge >= 0.3 is 0 Å². The maximum absolute atomic E-state index is 12.5. The van der Waals surface area contributed by atoms with Crippen molar-refractivity contribution in [2.75, 3.05) is 12.8 Å². The first-order valence-corrected chi connectivity index (χ1v) is 8.72. The second kappa shape index (κ2) is 7.41. The molecular weight excluding hydrogens is 278 g/mol. The summed E-state index contributed by atoms with van der Waals surface area (Å²) >= 11 is 6.12. The molecule has 0 heterocycles. The van der Waals surface area contributed by atoms with E-state index in [9.17, 15) is 4.21 Å². The van der Waals surface area contributed by atoms with E-state index in [1.165, 1.54) is 32.1 Å². The molecule has 0 aromatic heterocycles. The van der Waals surface area contributed by atoms with Gasteiger partial charge in [-0.2, -0.15) is 0 Å². The number of hydrogen-bond acceptors (Lipinski definition) is 2. The summed E-state index contributed by atoms with van der Waals surface area (Å²) in [5.41, 5.74) is 0. The molecule has 0 amide bonds. The van der Waals surface area contributed by atoms with Crippen LogP contribution in [0.25, 0.3) is 0 Å². The van der Waals surface area contributed by atoms with E-state index in [0.29, 0.717) is 22.7 Å². The minimum atomic E-state index is -1.02. The van der Waals surface area contributed by atoms with Gasteiger partial charge in [0.2, 0.25) is 0 Å². The zero-order chi connectivity index (χ0) is 13.7. The zero-order valence-electron chi connectivity index (χ0n) is 11.4. The normalized spacial score (nSPS) is 20.1. The minimum Gasteiger partial charge on any atom is -0.316 e. The molecule has 106 valence electrons. The summed E-state index contributed by atoms with van der Waals surface area (Å²) in [6, 6.07) is 7.78. The Bertz CT molecular complexity index is 432. The molecule has 1 aromatic carbocycles. The zero-order valence-corrected chi connectivity index (χ0v) is 13.0. The van der Waals surface area contributed by atoms with E-state index < -0.39 is 10.8 Å². The number of hydrogen-bond donors (Lipinski definition) is 1. The number of benzene rings is 1. The molecule has 2 unspecified atom stereocenters. The third-order valence-corrected chi connectivity index (χ3v) is 5.95. The Balaban J connectivity index is 2.01.